The van der Waals surface area contributed by atoms with Gasteiger partial charge in [0.15, 0.2) is 0 Å². The predicted molar refractivity (Wildman–Crippen MR) is 89.3 cm³/mol. The maximum Gasteiger partial charge on any atom is 0.308 e. The van der Waals surface area contributed by atoms with Crippen molar-refractivity contribution in [2.45, 2.75) is 5.92 Å². The molecule has 1 aromatic carbocycles. The van der Waals surface area contributed by atoms with Crippen LogP contribution >= 0.6 is 15.9 Å². The van der Waals surface area contributed by atoms with Gasteiger partial charge in [-0.3, -0.25) is 9.59 Å². The normalized spacial score (nSPS) is 20.7. The van der Waals surface area contributed by atoms with Gasteiger partial charge in [0, 0.05) is 36.7 Å². The molecule has 1 aromatic heterocycles. The number of likely N-dealkylation sites (tertiary alicyclic amines) is 1. The Morgan fingerprint density at radius 2 is 1.91 bits per heavy atom. The molecule has 23 heavy (non-hydrogen) atoms. The zero-order valence-corrected chi connectivity index (χ0v) is 14.2. The third-order valence-electron chi connectivity index (χ3n) is 4.34. The van der Waals surface area contributed by atoms with Crippen LogP contribution in [0, 0.1) is 5.92 Å². The van der Waals surface area contributed by atoms with E-state index in [0.717, 1.165) is 10.0 Å². The highest BCUT2D eigenvalue weighted by Gasteiger charge is 2.41. The van der Waals surface area contributed by atoms with Gasteiger partial charge in [-0.15, -0.1) is 0 Å². The van der Waals surface area contributed by atoms with E-state index in [1.54, 1.807) is 22.6 Å². The zero-order valence-electron chi connectivity index (χ0n) is 12.6. The van der Waals surface area contributed by atoms with Gasteiger partial charge in [-0.25, -0.2) is 0 Å². The van der Waals surface area contributed by atoms with Crippen molar-refractivity contribution in [1.82, 2.24) is 9.47 Å². The summed E-state index contributed by atoms with van der Waals surface area (Å²) >= 11 is 3.36. The first-order valence-electron chi connectivity index (χ1n) is 7.36. The van der Waals surface area contributed by atoms with Crippen LogP contribution in [0.5, 0.6) is 0 Å². The standard InChI is InChI=1S/C17H17BrN2O3/c1-19-8-12(18)7-15(19)16(21)20-9-13(14(10-20)17(22)23)11-5-3-2-4-6-11/h2-8,13-14H,9-10H2,1H3,(H,22,23). The largest absolute Gasteiger partial charge is 0.481 e. The van der Waals surface area contributed by atoms with E-state index in [-0.39, 0.29) is 18.4 Å². The van der Waals surface area contributed by atoms with E-state index in [4.69, 9.17) is 0 Å². The van der Waals surface area contributed by atoms with Gasteiger partial charge in [0.2, 0.25) is 0 Å². The second kappa shape index (κ2) is 6.20. The van der Waals surface area contributed by atoms with Crippen molar-refractivity contribution in [2.24, 2.45) is 13.0 Å². The number of aliphatic carboxylic acids is 1. The lowest BCUT2D eigenvalue weighted by Gasteiger charge is -2.17. The van der Waals surface area contributed by atoms with E-state index in [9.17, 15) is 14.7 Å². The molecule has 0 saturated carbocycles. The number of amides is 1. The number of aryl methyl sites for hydroxylation is 1. The molecule has 1 N–H and O–H groups in total. The Morgan fingerprint density at radius 1 is 1.22 bits per heavy atom. The van der Waals surface area contributed by atoms with Crippen LogP contribution in [0.3, 0.4) is 0 Å². The first kappa shape index (κ1) is 15.8. The zero-order chi connectivity index (χ0) is 16.6. The van der Waals surface area contributed by atoms with Crippen molar-refractivity contribution < 1.29 is 14.7 Å². The molecule has 2 heterocycles. The Morgan fingerprint density at radius 3 is 2.48 bits per heavy atom. The molecule has 0 aliphatic carbocycles. The maximum atomic E-state index is 12.7. The molecule has 1 aliphatic heterocycles. The number of carboxylic acids is 1. The van der Waals surface area contributed by atoms with Gasteiger partial charge in [0.25, 0.3) is 5.91 Å². The first-order valence-corrected chi connectivity index (χ1v) is 8.15. The van der Waals surface area contributed by atoms with Gasteiger partial charge in [-0.1, -0.05) is 30.3 Å². The average Bonchev–Trinajstić information content (AvgIpc) is 3.11. The lowest BCUT2D eigenvalue weighted by molar-refractivity contribution is -0.141. The predicted octanol–water partition coefficient (Wildman–Crippen LogP) is 2.73. The van der Waals surface area contributed by atoms with Gasteiger partial charge in [0.1, 0.15) is 5.69 Å². The number of nitrogens with zero attached hydrogens (tertiary/aromatic N) is 2. The van der Waals surface area contributed by atoms with Crippen molar-refractivity contribution in [3.8, 4) is 0 Å². The summed E-state index contributed by atoms with van der Waals surface area (Å²) in [6.45, 7) is 0.652. The molecule has 1 aliphatic rings. The summed E-state index contributed by atoms with van der Waals surface area (Å²) in [6, 6.07) is 11.3. The molecule has 0 radical (unpaired) electrons. The topological polar surface area (TPSA) is 62.5 Å². The number of rotatable bonds is 3. The molecule has 0 bridgehead atoms. The van der Waals surface area contributed by atoms with Crippen LogP contribution in [0.15, 0.2) is 47.1 Å². The highest BCUT2D eigenvalue weighted by atomic mass is 79.9. The number of halogens is 1. The summed E-state index contributed by atoms with van der Waals surface area (Å²) < 4.78 is 2.58. The van der Waals surface area contributed by atoms with Gasteiger partial charge in [-0.05, 0) is 27.6 Å². The second-order valence-electron chi connectivity index (χ2n) is 5.83. The van der Waals surface area contributed by atoms with E-state index in [2.05, 4.69) is 15.9 Å². The second-order valence-corrected chi connectivity index (χ2v) is 6.74. The summed E-state index contributed by atoms with van der Waals surface area (Å²) in [5.74, 6) is -1.75. The Kier molecular flexibility index (Phi) is 4.26. The molecule has 0 spiro atoms. The lowest BCUT2D eigenvalue weighted by atomic mass is 9.89. The minimum Gasteiger partial charge on any atom is -0.481 e. The molecular weight excluding hydrogens is 360 g/mol. The van der Waals surface area contributed by atoms with Crippen LogP contribution in [0.25, 0.3) is 0 Å². The summed E-state index contributed by atoms with van der Waals surface area (Å²) in [5.41, 5.74) is 1.51. The molecule has 1 amide bonds. The summed E-state index contributed by atoms with van der Waals surface area (Å²) in [5, 5.41) is 9.52. The van der Waals surface area contributed by atoms with Crippen molar-refractivity contribution in [1.29, 1.82) is 0 Å². The fourth-order valence-electron chi connectivity index (χ4n) is 3.16. The van der Waals surface area contributed by atoms with Crippen molar-refractivity contribution >= 4 is 27.8 Å². The number of aromatic nitrogens is 1. The number of hydrogen-bond donors (Lipinski definition) is 1. The molecule has 2 atom stereocenters. The summed E-state index contributed by atoms with van der Waals surface area (Å²) in [4.78, 5) is 26.0. The van der Waals surface area contributed by atoms with Crippen molar-refractivity contribution in [2.75, 3.05) is 13.1 Å². The quantitative estimate of drug-likeness (QED) is 0.895. The number of carbonyl (C=O) groups is 2. The monoisotopic (exact) mass is 376 g/mol. The Hall–Kier alpha value is -2.08. The highest BCUT2D eigenvalue weighted by Crippen LogP contribution is 2.33. The number of carboxylic acid groups (broad SMARTS) is 1. The summed E-state index contributed by atoms with van der Waals surface area (Å²) in [7, 11) is 1.80. The molecule has 120 valence electrons. The van der Waals surface area contributed by atoms with E-state index >= 15 is 0 Å². The molecule has 2 unspecified atom stereocenters. The van der Waals surface area contributed by atoms with Crippen LogP contribution in [-0.4, -0.2) is 39.5 Å². The molecule has 2 aromatic rings. The van der Waals surface area contributed by atoms with E-state index < -0.39 is 11.9 Å². The van der Waals surface area contributed by atoms with Gasteiger partial charge in [0.05, 0.1) is 5.92 Å². The lowest BCUT2D eigenvalue weighted by Crippen LogP contribution is -2.31. The summed E-state index contributed by atoms with van der Waals surface area (Å²) in [6.07, 6.45) is 1.81. The fraction of sp³-hybridized carbons (Fsp3) is 0.294. The molecule has 1 saturated heterocycles. The SMILES string of the molecule is Cn1cc(Br)cc1C(=O)N1CC(C(=O)O)C(c2ccccc2)C1. The maximum absolute atomic E-state index is 12.7. The van der Waals surface area contributed by atoms with Crippen LogP contribution in [-0.2, 0) is 11.8 Å². The van der Waals surface area contributed by atoms with Crippen molar-refractivity contribution in [3.63, 3.8) is 0 Å². The van der Waals surface area contributed by atoms with Crippen LogP contribution < -0.4 is 0 Å². The molecule has 3 rings (SSSR count). The van der Waals surface area contributed by atoms with E-state index in [1.165, 1.54) is 0 Å². The van der Waals surface area contributed by atoms with E-state index in [0.29, 0.717) is 12.2 Å². The number of hydrogen-bond acceptors (Lipinski definition) is 2. The van der Waals surface area contributed by atoms with Crippen LogP contribution in [0.4, 0.5) is 0 Å². The third-order valence-corrected chi connectivity index (χ3v) is 4.78. The first-order chi connectivity index (χ1) is 11.0. The Balaban J connectivity index is 1.87. The molecular formula is C17H17BrN2O3. The number of carbonyl (C=O) groups excluding carboxylic acids is 1. The Bertz CT molecular complexity index is 742. The highest BCUT2D eigenvalue weighted by molar-refractivity contribution is 9.10. The smallest absolute Gasteiger partial charge is 0.308 e. The fourth-order valence-corrected chi connectivity index (χ4v) is 3.68. The van der Waals surface area contributed by atoms with Crippen LogP contribution in [0.1, 0.15) is 22.0 Å². The molecule has 6 heteroatoms. The molecule has 1 fully saturated rings. The minimum absolute atomic E-state index is 0.136. The molecule has 5 nitrogen and oxygen atoms in total. The van der Waals surface area contributed by atoms with Gasteiger partial charge >= 0.3 is 5.97 Å². The van der Waals surface area contributed by atoms with Gasteiger partial charge in [-0.2, -0.15) is 0 Å². The average molecular weight is 377 g/mol. The Labute approximate surface area is 142 Å². The van der Waals surface area contributed by atoms with Crippen molar-refractivity contribution in [3.05, 3.63) is 58.3 Å². The number of benzene rings is 1. The van der Waals surface area contributed by atoms with Crippen LogP contribution in [0.2, 0.25) is 0 Å². The third kappa shape index (κ3) is 3.03. The minimum atomic E-state index is -0.859. The van der Waals surface area contributed by atoms with Gasteiger partial charge < -0.3 is 14.6 Å². The van der Waals surface area contributed by atoms with E-state index in [1.807, 2.05) is 36.5 Å².